The third-order valence-electron chi connectivity index (χ3n) is 4.68. The van der Waals surface area contributed by atoms with Gasteiger partial charge in [-0.3, -0.25) is 4.79 Å². The average molecular weight is 483 g/mol. The summed E-state index contributed by atoms with van der Waals surface area (Å²) in [4.78, 5) is 23.6. The van der Waals surface area contributed by atoms with E-state index in [9.17, 15) is 32.3 Å². The standard InChI is InChI=1S/C24H25F4NO5/c1-14(2)34-20(23(31)32)12-15-7-9-19(33-3)17(11-15)13-29-21(30)10-8-16-5-4-6-18(22(16)25)24(26,27)28/h4-11,14,20H,12-13H2,1-3H3,(H,29,30)(H,31,32)/b10-8+. The zero-order chi connectivity index (χ0) is 25.5. The number of hydrogen-bond donors (Lipinski definition) is 2. The van der Waals surface area contributed by atoms with Crippen molar-refractivity contribution in [2.75, 3.05) is 7.11 Å². The second-order valence-corrected chi connectivity index (χ2v) is 7.62. The fourth-order valence-corrected chi connectivity index (χ4v) is 3.14. The van der Waals surface area contributed by atoms with Crippen molar-refractivity contribution >= 4 is 18.0 Å². The van der Waals surface area contributed by atoms with Crippen LogP contribution in [0.25, 0.3) is 6.08 Å². The lowest BCUT2D eigenvalue weighted by Gasteiger charge is -2.17. The highest BCUT2D eigenvalue weighted by molar-refractivity contribution is 5.91. The van der Waals surface area contributed by atoms with Crippen LogP contribution in [0.4, 0.5) is 17.6 Å². The topological polar surface area (TPSA) is 84.9 Å². The number of rotatable bonds is 10. The van der Waals surface area contributed by atoms with Crippen LogP contribution in [0.15, 0.2) is 42.5 Å². The Morgan fingerprint density at radius 1 is 1.18 bits per heavy atom. The maximum absolute atomic E-state index is 14.1. The van der Waals surface area contributed by atoms with Crippen LogP contribution in [0.1, 0.15) is 36.1 Å². The number of carbonyl (C=O) groups excluding carboxylic acids is 1. The van der Waals surface area contributed by atoms with E-state index in [0.29, 0.717) is 22.9 Å². The van der Waals surface area contributed by atoms with Crippen molar-refractivity contribution in [1.29, 1.82) is 0 Å². The largest absolute Gasteiger partial charge is 0.496 e. The van der Waals surface area contributed by atoms with Gasteiger partial charge in [0.15, 0.2) is 6.10 Å². The monoisotopic (exact) mass is 483 g/mol. The first-order chi connectivity index (χ1) is 15.9. The zero-order valence-electron chi connectivity index (χ0n) is 18.8. The Balaban J connectivity index is 2.12. The molecule has 2 N–H and O–H groups in total. The van der Waals surface area contributed by atoms with E-state index in [1.165, 1.54) is 7.11 Å². The number of aliphatic carboxylic acids is 1. The number of halogens is 4. The molecule has 0 fully saturated rings. The summed E-state index contributed by atoms with van der Waals surface area (Å²) in [5.74, 6) is -2.80. The molecule has 0 heterocycles. The van der Waals surface area contributed by atoms with E-state index in [-0.39, 0.29) is 24.6 Å². The normalized spacial score (nSPS) is 12.7. The molecule has 0 radical (unpaired) electrons. The number of carboxylic acids is 1. The van der Waals surface area contributed by atoms with Crippen LogP contribution in [0.3, 0.4) is 0 Å². The predicted octanol–water partition coefficient (Wildman–Crippen LogP) is 4.60. The number of carbonyl (C=O) groups is 2. The van der Waals surface area contributed by atoms with Gasteiger partial charge in [0.1, 0.15) is 11.6 Å². The highest BCUT2D eigenvalue weighted by Gasteiger charge is 2.34. The van der Waals surface area contributed by atoms with Crippen molar-refractivity contribution < 1.29 is 41.7 Å². The van der Waals surface area contributed by atoms with Crippen molar-refractivity contribution in [2.45, 2.75) is 45.2 Å². The molecule has 0 saturated carbocycles. The number of ether oxygens (including phenoxy) is 2. The summed E-state index contributed by atoms with van der Waals surface area (Å²) >= 11 is 0. The fraction of sp³-hybridized carbons (Fsp3) is 0.333. The highest BCUT2D eigenvalue weighted by atomic mass is 19.4. The summed E-state index contributed by atoms with van der Waals surface area (Å²) in [6.07, 6.45) is -4.22. The first kappa shape index (κ1) is 26.8. The van der Waals surface area contributed by atoms with Gasteiger partial charge in [0, 0.05) is 30.2 Å². The minimum absolute atomic E-state index is 0.0198. The summed E-state index contributed by atoms with van der Waals surface area (Å²) in [6.45, 7) is 3.43. The number of alkyl halides is 3. The van der Waals surface area contributed by atoms with Gasteiger partial charge >= 0.3 is 12.1 Å². The molecule has 1 unspecified atom stereocenters. The van der Waals surface area contributed by atoms with E-state index in [2.05, 4.69) is 5.32 Å². The summed E-state index contributed by atoms with van der Waals surface area (Å²) in [6, 6.07) is 7.76. The van der Waals surface area contributed by atoms with Gasteiger partial charge in [0.05, 0.1) is 18.8 Å². The van der Waals surface area contributed by atoms with E-state index in [1.807, 2.05) is 0 Å². The van der Waals surface area contributed by atoms with Crippen LogP contribution in [0.2, 0.25) is 0 Å². The van der Waals surface area contributed by atoms with Crippen molar-refractivity contribution in [3.05, 3.63) is 70.5 Å². The maximum Gasteiger partial charge on any atom is 0.419 e. The SMILES string of the molecule is COc1ccc(CC(OC(C)C)C(=O)O)cc1CNC(=O)/C=C/c1cccc(C(F)(F)F)c1F. The number of amides is 1. The Hall–Kier alpha value is -3.40. The maximum atomic E-state index is 14.1. The van der Waals surface area contributed by atoms with Gasteiger partial charge in [0.2, 0.25) is 5.91 Å². The molecule has 6 nitrogen and oxygen atoms in total. The Labute approximate surface area is 194 Å². The van der Waals surface area contributed by atoms with E-state index < -0.39 is 35.5 Å². The van der Waals surface area contributed by atoms with E-state index >= 15 is 0 Å². The van der Waals surface area contributed by atoms with Crippen LogP contribution >= 0.6 is 0 Å². The van der Waals surface area contributed by atoms with Crippen LogP contribution in [0, 0.1) is 5.82 Å². The molecule has 2 aromatic rings. The van der Waals surface area contributed by atoms with Crippen LogP contribution < -0.4 is 10.1 Å². The van der Waals surface area contributed by atoms with Crippen LogP contribution in [0.5, 0.6) is 5.75 Å². The minimum Gasteiger partial charge on any atom is -0.496 e. The number of carboxylic acid groups (broad SMARTS) is 1. The van der Waals surface area contributed by atoms with E-state index in [4.69, 9.17) is 9.47 Å². The summed E-state index contributed by atoms with van der Waals surface area (Å²) in [5.41, 5.74) is -0.618. The number of methoxy groups -OCH3 is 1. The average Bonchev–Trinajstić information content (AvgIpc) is 2.75. The fourth-order valence-electron chi connectivity index (χ4n) is 3.14. The number of nitrogens with one attached hydrogen (secondary N) is 1. The van der Waals surface area contributed by atoms with Crippen molar-refractivity contribution in [1.82, 2.24) is 5.32 Å². The third-order valence-corrected chi connectivity index (χ3v) is 4.68. The number of hydrogen-bond acceptors (Lipinski definition) is 4. The van der Waals surface area contributed by atoms with Gasteiger partial charge in [-0.2, -0.15) is 13.2 Å². The smallest absolute Gasteiger partial charge is 0.419 e. The molecule has 34 heavy (non-hydrogen) atoms. The molecule has 0 aliphatic heterocycles. The van der Waals surface area contributed by atoms with Gasteiger partial charge < -0.3 is 19.9 Å². The molecule has 0 spiro atoms. The zero-order valence-corrected chi connectivity index (χ0v) is 18.8. The Kier molecular flexibility index (Phi) is 9.19. The Morgan fingerprint density at radius 3 is 2.47 bits per heavy atom. The molecule has 10 heteroatoms. The number of benzene rings is 2. The van der Waals surface area contributed by atoms with Crippen molar-refractivity contribution in [3.8, 4) is 5.75 Å². The molecule has 1 amide bonds. The molecule has 1 atom stereocenters. The van der Waals surface area contributed by atoms with Crippen LogP contribution in [-0.2, 0) is 33.5 Å². The second-order valence-electron chi connectivity index (χ2n) is 7.62. The molecule has 2 rings (SSSR count). The first-order valence-electron chi connectivity index (χ1n) is 10.3. The van der Waals surface area contributed by atoms with Crippen LogP contribution in [-0.4, -0.2) is 36.3 Å². The summed E-state index contributed by atoms with van der Waals surface area (Å²) in [7, 11) is 1.43. The minimum atomic E-state index is -4.85. The molecule has 0 saturated heterocycles. The molecule has 0 bridgehead atoms. The molecule has 184 valence electrons. The van der Waals surface area contributed by atoms with Gasteiger partial charge in [-0.05, 0) is 37.6 Å². The molecule has 0 aliphatic carbocycles. The highest BCUT2D eigenvalue weighted by Crippen LogP contribution is 2.32. The molecular weight excluding hydrogens is 458 g/mol. The lowest BCUT2D eigenvalue weighted by molar-refractivity contribution is -0.153. The molecule has 0 aliphatic rings. The summed E-state index contributed by atoms with van der Waals surface area (Å²) in [5, 5.41) is 11.9. The lowest BCUT2D eigenvalue weighted by atomic mass is 10.0. The van der Waals surface area contributed by atoms with Crippen molar-refractivity contribution in [3.63, 3.8) is 0 Å². The van der Waals surface area contributed by atoms with E-state index in [1.54, 1.807) is 32.0 Å². The third kappa shape index (κ3) is 7.58. The van der Waals surface area contributed by atoms with Gasteiger partial charge in [-0.25, -0.2) is 9.18 Å². The second kappa shape index (κ2) is 11.6. The lowest BCUT2D eigenvalue weighted by Crippen LogP contribution is -2.29. The quantitative estimate of drug-likeness (QED) is 0.381. The van der Waals surface area contributed by atoms with Gasteiger partial charge in [-0.15, -0.1) is 0 Å². The predicted molar refractivity (Wildman–Crippen MR) is 117 cm³/mol. The molecular formula is C24H25F4NO5. The summed E-state index contributed by atoms with van der Waals surface area (Å²) < 4.78 is 63.3. The Morgan fingerprint density at radius 2 is 1.88 bits per heavy atom. The van der Waals surface area contributed by atoms with Gasteiger partial charge in [0.25, 0.3) is 0 Å². The van der Waals surface area contributed by atoms with Gasteiger partial charge in [-0.1, -0.05) is 24.3 Å². The Bertz CT molecular complexity index is 1050. The first-order valence-corrected chi connectivity index (χ1v) is 10.3. The molecule has 2 aromatic carbocycles. The van der Waals surface area contributed by atoms with Crippen molar-refractivity contribution in [2.24, 2.45) is 0 Å². The molecule has 0 aromatic heterocycles. The van der Waals surface area contributed by atoms with E-state index in [0.717, 1.165) is 24.3 Å².